The molecule has 3 atom stereocenters. The third-order valence-electron chi connectivity index (χ3n) is 5.51. The van der Waals surface area contributed by atoms with Crippen molar-refractivity contribution < 1.29 is 0 Å². The highest BCUT2D eigenvalue weighted by Gasteiger charge is 2.91. The normalized spacial score (nSPS) is 66.9. The Labute approximate surface area is 63.0 Å². The molecule has 0 aromatic heterocycles. The van der Waals surface area contributed by atoms with Gasteiger partial charge < -0.3 is 0 Å². The first-order chi connectivity index (χ1) is 4.56. The molecule has 56 valence electrons. The Morgan fingerprint density at radius 1 is 1.20 bits per heavy atom. The molecule has 0 aromatic carbocycles. The van der Waals surface area contributed by atoms with Gasteiger partial charge in [0.05, 0.1) is 0 Å². The maximum Gasteiger partial charge on any atom is -0.0150 e. The quantitative estimate of drug-likeness (QED) is 0.480. The minimum Gasteiger partial charge on any atom is -0.0588 e. The van der Waals surface area contributed by atoms with Crippen LogP contribution in [0.2, 0.25) is 0 Å². The van der Waals surface area contributed by atoms with Crippen molar-refractivity contribution in [3.05, 3.63) is 0 Å². The fourth-order valence-electron chi connectivity index (χ4n) is 4.45. The van der Waals surface area contributed by atoms with Gasteiger partial charge in [-0.3, -0.25) is 0 Å². The topological polar surface area (TPSA) is 0 Å². The van der Waals surface area contributed by atoms with Gasteiger partial charge in [0.15, 0.2) is 0 Å². The van der Waals surface area contributed by atoms with Crippen LogP contribution in [-0.2, 0) is 0 Å². The van der Waals surface area contributed by atoms with E-state index in [9.17, 15) is 0 Å². The molecule has 3 aliphatic carbocycles. The van der Waals surface area contributed by atoms with Gasteiger partial charge in [0.25, 0.3) is 0 Å². The zero-order chi connectivity index (χ0) is 7.20. The lowest BCUT2D eigenvalue weighted by atomic mass is 9.93. The Kier molecular flexibility index (Phi) is 0.562. The molecule has 3 fully saturated rings. The molecule has 3 aliphatic rings. The van der Waals surface area contributed by atoms with Crippen molar-refractivity contribution in [2.75, 3.05) is 0 Å². The Bertz CT molecular complexity index is 210. The van der Waals surface area contributed by atoms with E-state index in [1.54, 1.807) is 12.8 Å². The van der Waals surface area contributed by atoms with Gasteiger partial charge in [0.2, 0.25) is 0 Å². The summed E-state index contributed by atoms with van der Waals surface area (Å²) in [7, 11) is 0. The molecule has 0 nitrogen and oxygen atoms in total. The van der Waals surface area contributed by atoms with Crippen LogP contribution in [0, 0.1) is 22.2 Å². The van der Waals surface area contributed by atoms with Crippen molar-refractivity contribution in [1.29, 1.82) is 0 Å². The second kappa shape index (κ2) is 1.00. The molecule has 0 heterocycles. The van der Waals surface area contributed by atoms with Crippen molar-refractivity contribution in [2.45, 2.75) is 40.0 Å². The summed E-state index contributed by atoms with van der Waals surface area (Å²) >= 11 is 0. The lowest BCUT2D eigenvalue weighted by Gasteiger charge is -2.12. The summed E-state index contributed by atoms with van der Waals surface area (Å²) in [6.07, 6.45) is 4.63. The van der Waals surface area contributed by atoms with Crippen molar-refractivity contribution in [1.82, 2.24) is 0 Å². The van der Waals surface area contributed by atoms with E-state index < -0.39 is 0 Å². The van der Waals surface area contributed by atoms with E-state index >= 15 is 0 Å². The predicted molar refractivity (Wildman–Crippen MR) is 41.7 cm³/mol. The monoisotopic (exact) mass is 136 g/mol. The second-order valence-corrected chi connectivity index (χ2v) is 5.37. The molecule has 0 aliphatic heterocycles. The number of rotatable bonds is 0. The van der Waals surface area contributed by atoms with Crippen LogP contribution in [0.1, 0.15) is 40.0 Å². The molecular formula is C10H16. The summed E-state index contributed by atoms with van der Waals surface area (Å²) < 4.78 is 0. The molecule has 0 saturated heterocycles. The highest BCUT2D eigenvalue weighted by Crippen LogP contribution is 2.97. The van der Waals surface area contributed by atoms with Crippen molar-refractivity contribution >= 4 is 0 Å². The largest absolute Gasteiger partial charge is 0.0588 e. The maximum absolute atomic E-state index is 2.51. The molecule has 0 radical (unpaired) electrons. The summed E-state index contributed by atoms with van der Waals surface area (Å²) in [6.45, 7) is 7.47. The molecule has 0 bridgehead atoms. The van der Waals surface area contributed by atoms with Gasteiger partial charge in [-0.25, -0.2) is 0 Å². The van der Waals surface area contributed by atoms with Gasteiger partial charge in [-0.1, -0.05) is 20.8 Å². The Morgan fingerprint density at radius 2 is 1.90 bits per heavy atom. The average Bonchev–Trinajstić information content (AvgIpc) is 2.61. The van der Waals surface area contributed by atoms with E-state index in [0.29, 0.717) is 5.41 Å². The number of hydrogen-bond acceptors (Lipinski definition) is 0. The maximum atomic E-state index is 2.51. The van der Waals surface area contributed by atoms with E-state index in [0.717, 1.165) is 16.7 Å². The van der Waals surface area contributed by atoms with Crippen LogP contribution in [-0.4, -0.2) is 0 Å². The Hall–Kier alpha value is 0. The molecule has 1 spiro atoms. The number of hydrogen-bond donors (Lipinski definition) is 0. The van der Waals surface area contributed by atoms with Crippen LogP contribution in [0.5, 0.6) is 0 Å². The van der Waals surface area contributed by atoms with E-state index in [1.165, 1.54) is 6.42 Å². The second-order valence-electron chi connectivity index (χ2n) is 5.37. The van der Waals surface area contributed by atoms with E-state index in [2.05, 4.69) is 20.8 Å². The SMILES string of the molecule is CC1(C)C23CC2CC[C@]13C. The molecule has 0 amide bonds. The molecular weight excluding hydrogens is 120 g/mol. The van der Waals surface area contributed by atoms with Crippen LogP contribution >= 0.6 is 0 Å². The molecule has 10 heavy (non-hydrogen) atoms. The minimum absolute atomic E-state index is 0.711. The van der Waals surface area contributed by atoms with E-state index in [1.807, 2.05) is 0 Å². The van der Waals surface area contributed by atoms with Crippen LogP contribution < -0.4 is 0 Å². The first-order valence-corrected chi connectivity index (χ1v) is 4.56. The van der Waals surface area contributed by atoms with Gasteiger partial charge in [-0.05, 0) is 41.4 Å². The summed E-state index contributed by atoms with van der Waals surface area (Å²) in [6, 6.07) is 0. The van der Waals surface area contributed by atoms with Crippen molar-refractivity contribution in [2.24, 2.45) is 22.2 Å². The highest BCUT2D eigenvalue weighted by molar-refractivity contribution is 5.38. The average molecular weight is 136 g/mol. The molecule has 0 N–H and O–H groups in total. The third kappa shape index (κ3) is 0.245. The van der Waals surface area contributed by atoms with Crippen LogP contribution in [0.4, 0.5) is 0 Å². The lowest BCUT2D eigenvalue weighted by Crippen LogP contribution is -2.03. The Morgan fingerprint density at radius 3 is 2.10 bits per heavy atom. The van der Waals surface area contributed by atoms with Crippen LogP contribution in [0.15, 0.2) is 0 Å². The smallest absolute Gasteiger partial charge is 0.0150 e. The fraction of sp³-hybridized carbons (Fsp3) is 1.00. The van der Waals surface area contributed by atoms with Crippen LogP contribution in [0.3, 0.4) is 0 Å². The zero-order valence-electron chi connectivity index (χ0n) is 7.20. The fourth-order valence-corrected chi connectivity index (χ4v) is 4.45. The zero-order valence-corrected chi connectivity index (χ0v) is 7.20. The van der Waals surface area contributed by atoms with Crippen LogP contribution in [0.25, 0.3) is 0 Å². The Balaban J connectivity index is 2.13. The summed E-state index contributed by atoms with van der Waals surface area (Å²) in [5.41, 5.74) is 2.34. The minimum atomic E-state index is 0.711. The van der Waals surface area contributed by atoms with Gasteiger partial charge in [0.1, 0.15) is 0 Å². The van der Waals surface area contributed by atoms with E-state index in [-0.39, 0.29) is 0 Å². The first kappa shape index (κ1) is 5.62. The molecule has 0 aromatic rings. The van der Waals surface area contributed by atoms with Gasteiger partial charge in [-0.15, -0.1) is 0 Å². The van der Waals surface area contributed by atoms with Gasteiger partial charge in [0, 0.05) is 0 Å². The highest BCUT2D eigenvalue weighted by atomic mass is 14.9. The lowest BCUT2D eigenvalue weighted by molar-refractivity contribution is 0.377. The third-order valence-corrected chi connectivity index (χ3v) is 5.51. The van der Waals surface area contributed by atoms with Gasteiger partial charge in [-0.2, -0.15) is 0 Å². The molecule has 3 saturated carbocycles. The molecule has 0 heteroatoms. The van der Waals surface area contributed by atoms with Crippen molar-refractivity contribution in [3.8, 4) is 0 Å². The molecule has 3 rings (SSSR count). The predicted octanol–water partition coefficient (Wildman–Crippen LogP) is 2.83. The summed E-state index contributed by atoms with van der Waals surface area (Å²) in [5, 5.41) is 0. The van der Waals surface area contributed by atoms with Gasteiger partial charge >= 0.3 is 0 Å². The van der Waals surface area contributed by atoms with E-state index in [4.69, 9.17) is 0 Å². The summed E-state index contributed by atoms with van der Waals surface area (Å²) in [5.74, 6) is 1.15. The standard InChI is InChI=1S/C10H16/c1-8(2)9(3)5-4-7-6-10(7,8)9/h7H,4-6H2,1-3H3/t7?,9-,10?/m1/s1. The summed E-state index contributed by atoms with van der Waals surface area (Å²) in [4.78, 5) is 0. The first-order valence-electron chi connectivity index (χ1n) is 4.56. The van der Waals surface area contributed by atoms with Crippen molar-refractivity contribution in [3.63, 3.8) is 0 Å². The molecule has 2 unspecified atom stereocenters.